The van der Waals surface area contributed by atoms with Crippen LogP contribution in [0.2, 0.25) is 5.02 Å². The standard InChI is InChI=1S/C12H11ClO5/c13-8-3-1-2-4-9(8)17-7-11(14)18-10-5-6-16-12(10)15/h1-4,10H,5-7H2. The maximum Gasteiger partial charge on any atom is 0.347 e. The molecule has 1 aromatic rings. The highest BCUT2D eigenvalue weighted by molar-refractivity contribution is 6.32. The van der Waals surface area contributed by atoms with Gasteiger partial charge in [0.25, 0.3) is 0 Å². The van der Waals surface area contributed by atoms with Crippen molar-refractivity contribution in [2.24, 2.45) is 0 Å². The van der Waals surface area contributed by atoms with Crippen LogP contribution in [-0.2, 0) is 19.1 Å². The summed E-state index contributed by atoms with van der Waals surface area (Å²) in [4.78, 5) is 22.5. The molecule has 1 atom stereocenters. The number of cyclic esters (lactones) is 1. The van der Waals surface area contributed by atoms with Gasteiger partial charge in [-0.25, -0.2) is 9.59 Å². The van der Waals surface area contributed by atoms with E-state index in [0.717, 1.165) is 0 Å². The lowest BCUT2D eigenvalue weighted by atomic mass is 10.3. The predicted molar refractivity (Wildman–Crippen MR) is 62.4 cm³/mol. The molecule has 0 saturated carbocycles. The van der Waals surface area contributed by atoms with E-state index < -0.39 is 18.0 Å². The van der Waals surface area contributed by atoms with Crippen molar-refractivity contribution >= 4 is 23.5 Å². The number of halogens is 1. The summed E-state index contributed by atoms with van der Waals surface area (Å²) in [5.74, 6) is -0.745. The Morgan fingerprint density at radius 3 is 2.89 bits per heavy atom. The number of para-hydroxylation sites is 1. The van der Waals surface area contributed by atoms with Crippen molar-refractivity contribution in [1.82, 2.24) is 0 Å². The third kappa shape index (κ3) is 3.13. The number of hydrogen-bond acceptors (Lipinski definition) is 5. The maximum absolute atomic E-state index is 11.4. The van der Waals surface area contributed by atoms with E-state index in [1.54, 1.807) is 24.3 Å². The van der Waals surface area contributed by atoms with Crippen LogP contribution in [0.25, 0.3) is 0 Å². The second kappa shape index (κ2) is 5.73. The van der Waals surface area contributed by atoms with Crippen LogP contribution in [0.15, 0.2) is 24.3 Å². The van der Waals surface area contributed by atoms with E-state index in [-0.39, 0.29) is 13.2 Å². The van der Waals surface area contributed by atoms with Crippen molar-refractivity contribution in [2.75, 3.05) is 13.2 Å². The van der Waals surface area contributed by atoms with Crippen molar-refractivity contribution in [3.8, 4) is 5.75 Å². The van der Waals surface area contributed by atoms with Crippen molar-refractivity contribution < 1.29 is 23.8 Å². The Kier molecular flexibility index (Phi) is 4.04. The first-order valence-electron chi connectivity index (χ1n) is 5.40. The molecule has 6 heteroatoms. The average Bonchev–Trinajstić information content (AvgIpc) is 2.74. The first kappa shape index (κ1) is 12.7. The number of carbonyl (C=O) groups excluding carboxylic acids is 2. The second-order valence-electron chi connectivity index (χ2n) is 3.65. The van der Waals surface area contributed by atoms with Gasteiger partial charge in [-0.2, -0.15) is 0 Å². The molecule has 0 radical (unpaired) electrons. The van der Waals surface area contributed by atoms with E-state index in [1.807, 2.05) is 0 Å². The normalized spacial score (nSPS) is 18.3. The van der Waals surface area contributed by atoms with E-state index in [2.05, 4.69) is 4.74 Å². The summed E-state index contributed by atoms with van der Waals surface area (Å²) in [6.45, 7) is -0.0182. The fourth-order valence-corrected chi connectivity index (χ4v) is 1.67. The molecule has 1 saturated heterocycles. The van der Waals surface area contributed by atoms with Crippen LogP contribution in [0.1, 0.15) is 6.42 Å². The molecule has 1 aliphatic heterocycles. The van der Waals surface area contributed by atoms with Crippen molar-refractivity contribution in [1.29, 1.82) is 0 Å². The minimum absolute atomic E-state index is 0.280. The maximum atomic E-state index is 11.4. The molecular formula is C12H11ClO5. The van der Waals surface area contributed by atoms with Gasteiger partial charge < -0.3 is 14.2 Å². The monoisotopic (exact) mass is 270 g/mol. The molecule has 1 aromatic carbocycles. The molecule has 5 nitrogen and oxygen atoms in total. The summed E-state index contributed by atoms with van der Waals surface area (Å²) >= 11 is 5.85. The van der Waals surface area contributed by atoms with Crippen molar-refractivity contribution in [3.05, 3.63) is 29.3 Å². The minimum Gasteiger partial charge on any atom is -0.480 e. The van der Waals surface area contributed by atoms with Gasteiger partial charge in [-0.3, -0.25) is 0 Å². The van der Waals surface area contributed by atoms with Crippen LogP contribution in [0, 0.1) is 0 Å². The smallest absolute Gasteiger partial charge is 0.347 e. The number of benzene rings is 1. The number of hydrogen-bond donors (Lipinski definition) is 0. The van der Waals surface area contributed by atoms with E-state index in [4.69, 9.17) is 21.1 Å². The Labute approximate surface area is 109 Å². The van der Waals surface area contributed by atoms with Crippen LogP contribution in [0.4, 0.5) is 0 Å². The number of ether oxygens (including phenoxy) is 3. The van der Waals surface area contributed by atoms with Gasteiger partial charge in [-0.05, 0) is 12.1 Å². The first-order valence-corrected chi connectivity index (χ1v) is 5.78. The van der Waals surface area contributed by atoms with Crippen LogP contribution in [-0.4, -0.2) is 31.3 Å². The molecule has 0 amide bonds. The van der Waals surface area contributed by atoms with Gasteiger partial charge in [0.05, 0.1) is 11.6 Å². The van der Waals surface area contributed by atoms with Crippen molar-refractivity contribution in [2.45, 2.75) is 12.5 Å². The molecule has 1 fully saturated rings. The minimum atomic E-state index is -0.813. The highest BCUT2D eigenvalue weighted by atomic mass is 35.5. The summed E-state index contributed by atoms with van der Waals surface area (Å²) in [6.07, 6.45) is -0.427. The molecule has 0 aromatic heterocycles. The lowest BCUT2D eigenvalue weighted by Gasteiger charge is -2.10. The van der Waals surface area contributed by atoms with Gasteiger partial charge in [0.2, 0.25) is 6.10 Å². The highest BCUT2D eigenvalue weighted by Gasteiger charge is 2.30. The molecule has 1 heterocycles. The molecule has 96 valence electrons. The van der Waals surface area contributed by atoms with Gasteiger partial charge in [0, 0.05) is 6.42 Å². The molecule has 0 spiro atoms. The number of esters is 2. The van der Waals surface area contributed by atoms with Crippen molar-refractivity contribution in [3.63, 3.8) is 0 Å². The average molecular weight is 271 g/mol. The Morgan fingerprint density at radius 2 is 2.22 bits per heavy atom. The Balaban J connectivity index is 1.82. The van der Waals surface area contributed by atoms with Gasteiger partial charge in [0.15, 0.2) is 6.61 Å². The summed E-state index contributed by atoms with van der Waals surface area (Å²) in [6, 6.07) is 6.78. The van der Waals surface area contributed by atoms with E-state index in [9.17, 15) is 9.59 Å². The largest absolute Gasteiger partial charge is 0.480 e. The van der Waals surface area contributed by atoms with E-state index in [0.29, 0.717) is 17.2 Å². The van der Waals surface area contributed by atoms with Crippen LogP contribution < -0.4 is 4.74 Å². The molecular weight excluding hydrogens is 260 g/mol. The predicted octanol–water partition coefficient (Wildman–Crippen LogP) is 1.58. The summed E-state index contributed by atoms with van der Waals surface area (Å²) in [5, 5.41) is 0.408. The molecule has 0 N–H and O–H groups in total. The molecule has 0 bridgehead atoms. The third-order valence-electron chi connectivity index (χ3n) is 2.34. The lowest BCUT2D eigenvalue weighted by Crippen LogP contribution is -2.26. The molecule has 2 rings (SSSR count). The Bertz CT molecular complexity index is 460. The van der Waals surface area contributed by atoms with E-state index >= 15 is 0 Å². The highest BCUT2D eigenvalue weighted by Crippen LogP contribution is 2.23. The third-order valence-corrected chi connectivity index (χ3v) is 2.66. The molecule has 0 aliphatic carbocycles. The zero-order chi connectivity index (χ0) is 13.0. The van der Waals surface area contributed by atoms with Gasteiger partial charge in [-0.15, -0.1) is 0 Å². The van der Waals surface area contributed by atoms with Gasteiger partial charge in [-0.1, -0.05) is 23.7 Å². The summed E-state index contributed by atoms with van der Waals surface area (Å²) in [7, 11) is 0. The van der Waals surface area contributed by atoms with E-state index in [1.165, 1.54) is 0 Å². The zero-order valence-electron chi connectivity index (χ0n) is 9.43. The molecule has 18 heavy (non-hydrogen) atoms. The van der Waals surface area contributed by atoms with Gasteiger partial charge in [0.1, 0.15) is 5.75 Å². The summed E-state index contributed by atoms with van der Waals surface area (Å²) in [5.41, 5.74) is 0. The van der Waals surface area contributed by atoms with Gasteiger partial charge >= 0.3 is 11.9 Å². The fraction of sp³-hybridized carbons (Fsp3) is 0.333. The zero-order valence-corrected chi connectivity index (χ0v) is 10.2. The lowest BCUT2D eigenvalue weighted by molar-refractivity contribution is -0.161. The SMILES string of the molecule is O=C(COc1ccccc1Cl)OC1CCOC1=O. The van der Waals surface area contributed by atoms with Crippen LogP contribution >= 0.6 is 11.6 Å². The van der Waals surface area contributed by atoms with Crippen LogP contribution in [0.3, 0.4) is 0 Å². The fourth-order valence-electron chi connectivity index (χ4n) is 1.48. The first-order chi connectivity index (χ1) is 8.66. The molecule has 1 unspecified atom stereocenters. The second-order valence-corrected chi connectivity index (χ2v) is 4.06. The number of rotatable bonds is 4. The topological polar surface area (TPSA) is 61.8 Å². The Hall–Kier alpha value is -1.75. The quantitative estimate of drug-likeness (QED) is 0.778. The Morgan fingerprint density at radius 1 is 1.44 bits per heavy atom. The molecule has 1 aliphatic rings. The number of carbonyl (C=O) groups is 2. The van der Waals surface area contributed by atoms with Crippen LogP contribution in [0.5, 0.6) is 5.75 Å². The summed E-state index contributed by atoms with van der Waals surface area (Å²) < 4.78 is 14.8.